The predicted molar refractivity (Wildman–Crippen MR) is 41.8 cm³/mol. The maximum absolute atomic E-state index is 10.0. The summed E-state index contributed by atoms with van der Waals surface area (Å²) >= 11 is 2.21. The number of rotatable bonds is 2. The van der Waals surface area contributed by atoms with Crippen molar-refractivity contribution in [2.75, 3.05) is 0 Å². The van der Waals surface area contributed by atoms with Crippen molar-refractivity contribution in [3.05, 3.63) is 23.7 Å². The molecule has 3 heteroatoms. The minimum Gasteiger partial charge on any atom is -0.461 e. The third-order valence-electron chi connectivity index (χ3n) is 0.944. The lowest BCUT2D eigenvalue weighted by molar-refractivity contribution is 0.110. The lowest BCUT2D eigenvalue weighted by Gasteiger charge is -1.75. The van der Waals surface area contributed by atoms with Crippen LogP contribution < -0.4 is 0 Å². The molecule has 0 aliphatic rings. The average Bonchev–Trinajstić information content (AvgIpc) is 2.34. The molecule has 48 valence electrons. The first-order valence-electron chi connectivity index (χ1n) is 2.45. The van der Waals surface area contributed by atoms with Gasteiger partial charge in [-0.25, -0.2) is 0 Å². The Kier molecular flexibility index (Phi) is 2.27. The second-order valence-corrected chi connectivity index (χ2v) is 2.37. The molecule has 0 saturated heterocycles. The van der Waals surface area contributed by atoms with Crippen LogP contribution in [0.3, 0.4) is 0 Å². The van der Waals surface area contributed by atoms with Crippen molar-refractivity contribution in [2.24, 2.45) is 0 Å². The Morgan fingerprint density at radius 3 is 2.89 bits per heavy atom. The molecular weight excluding hydrogens is 231 g/mol. The van der Waals surface area contributed by atoms with Crippen LogP contribution in [0.25, 0.3) is 0 Å². The van der Waals surface area contributed by atoms with Gasteiger partial charge in [0.1, 0.15) is 0 Å². The zero-order chi connectivity index (χ0) is 6.69. The fourth-order valence-corrected chi connectivity index (χ4v) is 0.926. The second-order valence-electron chi connectivity index (χ2n) is 1.61. The molecule has 0 amide bonds. The highest BCUT2D eigenvalue weighted by molar-refractivity contribution is 14.1. The summed E-state index contributed by atoms with van der Waals surface area (Å²) < 4.78 is 5.72. The van der Waals surface area contributed by atoms with Crippen LogP contribution in [0, 0.1) is 0 Å². The summed E-state index contributed by atoms with van der Waals surface area (Å²) in [6.07, 6.45) is 2.30. The van der Waals surface area contributed by atoms with Crippen molar-refractivity contribution in [3.8, 4) is 0 Å². The first kappa shape index (κ1) is 6.80. The number of alkyl halides is 1. The van der Waals surface area contributed by atoms with Crippen molar-refractivity contribution < 1.29 is 9.21 Å². The Balaban J connectivity index is 2.86. The van der Waals surface area contributed by atoms with Crippen LogP contribution in [0.15, 0.2) is 16.7 Å². The van der Waals surface area contributed by atoms with Crippen LogP contribution in [-0.2, 0) is 4.43 Å². The summed E-state index contributed by atoms with van der Waals surface area (Å²) in [7, 11) is 0. The van der Waals surface area contributed by atoms with E-state index in [0.29, 0.717) is 12.0 Å². The number of hydrogen-bond acceptors (Lipinski definition) is 2. The molecule has 0 fully saturated rings. The van der Waals surface area contributed by atoms with Gasteiger partial charge in [-0.2, -0.15) is 0 Å². The summed E-state index contributed by atoms with van der Waals surface area (Å²) in [4.78, 5) is 10.0. The highest BCUT2D eigenvalue weighted by Crippen LogP contribution is 2.08. The zero-order valence-electron chi connectivity index (χ0n) is 4.63. The van der Waals surface area contributed by atoms with Crippen molar-refractivity contribution in [2.45, 2.75) is 4.43 Å². The highest BCUT2D eigenvalue weighted by atomic mass is 127. The van der Waals surface area contributed by atoms with Gasteiger partial charge in [-0.05, 0) is 6.07 Å². The van der Waals surface area contributed by atoms with Gasteiger partial charge in [0, 0.05) is 9.99 Å². The van der Waals surface area contributed by atoms with Crippen LogP contribution in [0.2, 0.25) is 0 Å². The minimum atomic E-state index is 0.404. The number of furan rings is 1. The minimum absolute atomic E-state index is 0.404. The molecule has 0 unspecified atom stereocenters. The topological polar surface area (TPSA) is 30.2 Å². The molecule has 1 rings (SSSR count). The number of carbonyl (C=O) groups is 1. The monoisotopic (exact) mass is 236 g/mol. The fraction of sp³-hybridized carbons (Fsp3) is 0.167. The van der Waals surface area contributed by atoms with E-state index in [2.05, 4.69) is 22.6 Å². The molecule has 0 radical (unpaired) electrons. The highest BCUT2D eigenvalue weighted by Gasteiger charge is 1.96. The smallest absolute Gasteiger partial charge is 0.185 e. The summed E-state index contributed by atoms with van der Waals surface area (Å²) in [6.45, 7) is 0. The Labute approximate surface area is 66.4 Å². The van der Waals surface area contributed by atoms with Gasteiger partial charge in [-0.15, -0.1) is 0 Å². The van der Waals surface area contributed by atoms with Gasteiger partial charge >= 0.3 is 0 Å². The lowest BCUT2D eigenvalue weighted by Crippen LogP contribution is -1.69. The number of hydrogen-bond donors (Lipinski definition) is 0. The van der Waals surface area contributed by atoms with E-state index in [9.17, 15) is 4.79 Å². The Morgan fingerprint density at radius 2 is 2.56 bits per heavy atom. The Bertz CT molecular complexity index is 205. The quantitative estimate of drug-likeness (QED) is 0.446. The molecule has 1 heterocycles. The SMILES string of the molecule is O=Cc1cc(CI)co1. The summed E-state index contributed by atoms with van der Waals surface area (Å²) in [5.74, 6) is 0.404. The first-order valence-corrected chi connectivity index (χ1v) is 3.98. The third-order valence-corrected chi connectivity index (χ3v) is 1.83. The first-order chi connectivity index (χ1) is 4.36. The van der Waals surface area contributed by atoms with Gasteiger partial charge in [0.15, 0.2) is 12.0 Å². The molecule has 1 aromatic heterocycles. The molecule has 0 aromatic carbocycles. The second kappa shape index (κ2) is 3.00. The normalized spacial score (nSPS) is 9.44. The number of carbonyl (C=O) groups excluding carboxylic acids is 1. The molecule has 2 nitrogen and oxygen atoms in total. The van der Waals surface area contributed by atoms with Gasteiger partial charge < -0.3 is 4.42 Å². The van der Waals surface area contributed by atoms with Crippen molar-refractivity contribution in [1.29, 1.82) is 0 Å². The molecule has 0 saturated carbocycles. The standard InChI is InChI=1S/C6H5IO2/c7-2-5-1-6(3-8)9-4-5/h1,3-4H,2H2. The molecule has 9 heavy (non-hydrogen) atoms. The fourth-order valence-electron chi connectivity index (χ4n) is 0.526. The number of halogens is 1. The van der Waals surface area contributed by atoms with E-state index in [1.165, 1.54) is 0 Å². The molecule has 0 N–H and O–H groups in total. The van der Waals surface area contributed by atoms with E-state index < -0.39 is 0 Å². The van der Waals surface area contributed by atoms with Crippen molar-refractivity contribution in [3.63, 3.8) is 0 Å². The van der Waals surface area contributed by atoms with E-state index in [-0.39, 0.29) is 0 Å². The molecule has 0 aliphatic heterocycles. The van der Waals surface area contributed by atoms with E-state index in [4.69, 9.17) is 4.42 Å². The number of aldehydes is 1. The van der Waals surface area contributed by atoms with E-state index in [1.807, 2.05) is 0 Å². The van der Waals surface area contributed by atoms with E-state index >= 15 is 0 Å². The third kappa shape index (κ3) is 1.54. The largest absolute Gasteiger partial charge is 0.461 e. The predicted octanol–water partition coefficient (Wildman–Crippen LogP) is 2.03. The van der Waals surface area contributed by atoms with E-state index in [1.54, 1.807) is 12.3 Å². The van der Waals surface area contributed by atoms with Gasteiger partial charge in [0.25, 0.3) is 0 Å². The zero-order valence-corrected chi connectivity index (χ0v) is 6.79. The maximum atomic E-state index is 10.0. The summed E-state index contributed by atoms with van der Waals surface area (Å²) in [6, 6.07) is 1.74. The molecule has 0 aliphatic carbocycles. The van der Waals surface area contributed by atoms with Gasteiger partial charge in [0.2, 0.25) is 0 Å². The van der Waals surface area contributed by atoms with Crippen LogP contribution >= 0.6 is 22.6 Å². The lowest BCUT2D eigenvalue weighted by atomic mass is 10.3. The van der Waals surface area contributed by atoms with Crippen LogP contribution in [0.5, 0.6) is 0 Å². The van der Waals surface area contributed by atoms with Crippen LogP contribution in [-0.4, -0.2) is 6.29 Å². The van der Waals surface area contributed by atoms with Crippen LogP contribution in [0.1, 0.15) is 16.1 Å². The van der Waals surface area contributed by atoms with Crippen molar-refractivity contribution >= 4 is 28.9 Å². The average molecular weight is 236 g/mol. The van der Waals surface area contributed by atoms with Gasteiger partial charge in [-0.3, -0.25) is 4.79 Å². The molecule has 1 aromatic rings. The molecule has 0 spiro atoms. The van der Waals surface area contributed by atoms with Crippen LogP contribution in [0.4, 0.5) is 0 Å². The van der Waals surface area contributed by atoms with E-state index in [0.717, 1.165) is 9.99 Å². The van der Waals surface area contributed by atoms with Crippen molar-refractivity contribution in [1.82, 2.24) is 0 Å². The maximum Gasteiger partial charge on any atom is 0.185 e. The van der Waals surface area contributed by atoms with Gasteiger partial charge in [0.05, 0.1) is 6.26 Å². The Hall–Kier alpha value is -0.320. The summed E-state index contributed by atoms with van der Waals surface area (Å²) in [5, 5.41) is 0. The van der Waals surface area contributed by atoms with Gasteiger partial charge in [-0.1, -0.05) is 22.6 Å². The Morgan fingerprint density at radius 1 is 1.78 bits per heavy atom. The molecule has 0 bridgehead atoms. The molecule has 0 atom stereocenters. The summed E-state index contributed by atoms with van der Waals surface area (Å²) in [5.41, 5.74) is 1.05. The molecular formula is C6H5IO2.